The maximum Gasteiger partial charge on any atom is 0.252 e. The summed E-state index contributed by atoms with van der Waals surface area (Å²) >= 11 is 0. The van der Waals surface area contributed by atoms with Gasteiger partial charge in [-0.2, -0.15) is 0 Å². The average molecular weight is 274 g/mol. The standard InChI is InChI=1S/C16H22N2O2/c1-16(8-4-10-20-11-16)18-15(19)13-5-2-7-14-12(13)6-3-9-17-14/h2,5,7,17H,3-4,6,8-11H2,1H3,(H,18,19). The molecular formula is C16H22N2O2. The Hall–Kier alpha value is -1.55. The summed E-state index contributed by atoms with van der Waals surface area (Å²) in [6, 6.07) is 5.93. The van der Waals surface area contributed by atoms with Crippen molar-refractivity contribution in [2.75, 3.05) is 25.1 Å². The molecule has 0 aliphatic carbocycles. The molecule has 1 atom stereocenters. The zero-order chi connectivity index (χ0) is 14.0. The fraction of sp³-hybridized carbons (Fsp3) is 0.562. The molecule has 2 aliphatic heterocycles. The van der Waals surface area contributed by atoms with Gasteiger partial charge in [0.25, 0.3) is 5.91 Å². The van der Waals surface area contributed by atoms with Crippen LogP contribution in [0.1, 0.15) is 42.1 Å². The fourth-order valence-electron chi connectivity index (χ4n) is 3.10. The second-order valence-electron chi connectivity index (χ2n) is 6.03. The summed E-state index contributed by atoms with van der Waals surface area (Å²) in [7, 11) is 0. The Morgan fingerprint density at radius 2 is 2.30 bits per heavy atom. The molecule has 1 aromatic carbocycles. The molecule has 1 fully saturated rings. The normalized spacial score (nSPS) is 25.4. The lowest BCUT2D eigenvalue weighted by Crippen LogP contribution is -2.51. The Labute approximate surface area is 119 Å². The number of hydrogen-bond acceptors (Lipinski definition) is 3. The van der Waals surface area contributed by atoms with E-state index in [2.05, 4.69) is 23.6 Å². The smallest absolute Gasteiger partial charge is 0.252 e. The van der Waals surface area contributed by atoms with Crippen LogP contribution in [0.15, 0.2) is 18.2 Å². The molecule has 0 bridgehead atoms. The van der Waals surface area contributed by atoms with Crippen LogP contribution in [0.5, 0.6) is 0 Å². The van der Waals surface area contributed by atoms with Crippen molar-refractivity contribution >= 4 is 11.6 Å². The van der Waals surface area contributed by atoms with Crippen molar-refractivity contribution in [2.24, 2.45) is 0 Å². The van der Waals surface area contributed by atoms with Gasteiger partial charge in [-0.3, -0.25) is 4.79 Å². The first kappa shape index (κ1) is 13.4. The van der Waals surface area contributed by atoms with E-state index in [4.69, 9.17) is 4.74 Å². The molecule has 0 aromatic heterocycles. The fourth-order valence-corrected chi connectivity index (χ4v) is 3.10. The molecule has 0 radical (unpaired) electrons. The van der Waals surface area contributed by atoms with Crippen LogP contribution in [0, 0.1) is 0 Å². The number of amides is 1. The topological polar surface area (TPSA) is 50.4 Å². The van der Waals surface area contributed by atoms with Gasteiger partial charge in [-0.1, -0.05) is 6.07 Å². The molecule has 1 amide bonds. The minimum absolute atomic E-state index is 0.0264. The number of ether oxygens (including phenoxy) is 1. The Bertz CT molecular complexity index is 507. The first-order valence-electron chi connectivity index (χ1n) is 7.44. The van der Waals surface area contributed by atoms with Crippen molar-refractivity contribution in [3.63, 3.8) is 0 Å². The predicted octanol–water partition coefficient (Wildman–Crippen LogP) is 2.34. The van der Waals surface area contributed by atoms with Crippen LogP contribution in [0.2, 0.25) is 0 Å². The number of hydrogen-bond donors (Lipinski definition) is 2. The molecule has 1 aromatic rings. The highest BCUT2D eigenvalue weighted by atomic mass is 16.5. The van der Waals surface area contributed by atoms with Gasteiger partial charge in [0.1, 0.15) is 0 Å². The van der Waals surface area contributed by atoms with Crippen LogP contribution in [0.25, 0.3) is 0 Å². The lowest BCUT2D eigenvalue weighted by Gasteiger charge is -2.34. The van der Waals surface area contributed by atoms with Crippen LogP contribution in [-0.2, 0) is 11.2 Å². The van der Waals surface area contributed by atoms with Crippen LogP contribution in [0.4, 0.5) is 5.69 Å². The molecule has 1 saturated heterocycles. The van der Waals surface area contributed by atoms with E-state index in [9.17, 15) is 4.79 Å². The number of carbonyl (C=O) groups is 1. The van der Waals surface area contributed by atoms with Gasteiger partial charge in [-0.05, 0) is 50.3 Å². The summed E-state index contributed by atoms with van der Waals surface area (Å²) in [6.45, 7) is 4.46. The van der Waals surface area contributed by atoms with Gasteiger partial charge in [-0.25, -0.2) is 0 Å². The minimum Gasteiger partial charge on any atom is -0.385 e. The second-order valence-corrected chi connectivity index (χ2v) is 6.03. The van der Waals surface area contributed by atoms with Crippen LogP contribution in [-0.4, -0.2) is 31.2 Å². The lowest BCUT2D eigenvalue weighted by atomic mass is 9.92. The van der Waals surface area contributed by atoms with Crippen molar-refractivity contribution in [1.29, 1.82) is 0 Å². The molecule has 2 aliphatic rings. The average Bonchev–Trinajstić information content (AvgIpc) is 2.47. The maximum atomic E-state index is 12.6. The highest BCUT2D eigenvalue weighted by Gasteiger charge is 2.30. The van der Waals surface area contributed by atoms with E-state index in [0.29, 0.717) is 6.61 Å². The van der Waals surface area contributed by atoms with Gasteiger partial charge in [0.15, 0.2) is 0 Å². The molecule has 0 spiro atoms. The van der Waals surface area contributed by atoms with E-state index in [1.807, 2.05) is 12.1 Å². The van der Waals surface area contributed by atoms with Crippen molar-refractivity contribution < 1.29 is 9.53 Å². The molecule has 0 saturated carbocycles. The quantitative estimate of drug-likeness (QED) is 0.870. The summed E-state index contributed by atoms with van der Waals surface area (Å²) in [5, 5.41) is 6.54. The number of carbonyl (C=O) groups excluding carboxylic acids is 1. The third kappa shape index (κ3) is 2.66. The van der Waals surface area contributed by atoms with Crippen LogP contribution < -0.4 is 10.6 Å². The van der Waals surface area contributed by atoms with E-state index in [1.54, 1.807) is 0 Å². The number of anilines is 1. The summed E-state index contributed by atoms with van der Waals surface area (Å²) in [5.74, 6) is 0.0264. The summed E-state index contributed by atoms with van der Waals surface area (Å²) in [5.41, 5.74) is 2.83. The van der Waals surface area contributed by atoms with Gasteiger partial charge in [0.2, 0.25) is 0 Å². The predicted molar refractivity (Wildman–Crippen MR) is 79.2 cm³/mol. The molecule has 4 heteroatoms. The molecule has 2 N–H and O–H groups in total. The van der Waals surface area contributed by atoms with Gasteiger partial charge in [-0.15, -0.1) is 0 Å². The largest absolute Gasteiger partial charge is 0.385 e. The Morgan fingerprint density at radius 3 is 3.10 bits per heavy atom. The zero-order valence-corrected chi connectivity index (χ0v) is 12.0. The molecule has 20 heavy (non-hydrogen) atoms. The monoisotopic (exact) mass is 274 g/mol. The van der Waals surface area contributed by atoms with Crippen molar-refractivity contribution in [3.8, 4) is 0 Å². The SMILES string of the molecule is CC1(NC(=O)c2cccc3c2CCCN3)CCCOC1. The molecule has 2 heterocycles. The van der Waals surface area contributed by atoms with Crippen molar-refractivity contribution in [1.82, 2.24) is 5.32 Å². The summed E-state index contributed by atoms with van der Waals surface area (Å²) < 4.78 is 5.51. The van der Waals surface area contributed by atoms with Gasteiger partial charge in [0, 0.05) is 24.4 Å². The molecule has 108 valence electrons. The second kappa shape index (κ2) is 5.44. The van der Waals surface area contributed by atoms with E-state index in [0.717, 1.165) is 55.6 Å². The van der Waals surface area contributed by atoms with Gasteiger partial charge < -0.3 is 15.4 Å². The first-order chi connectivity index (χ1) is 9.68. The van der Waals surface area contributed by atoms with Gasteiger partial charge in [0.05, 0.1) is 12.1 Å². The highest BCUT2D eigenvalue weighted by molar-refractivity contribution is 5.97. The van der Waals surface area contributed by atoms with E-state index in [1.165, 1.54) is 0 Å². The number of fused-ring (bicyclic) bond motifs is 1. The van der Waals surface area contributed by atoms with Crippen LogP contribution in [0.3, 0.4) is 0 Å². The Balaban J connectivity index is 1.80. The maximum absolute atomic E-state index is 12.6. The third-order valence-electron chi connectivity index (χ3n) is 4.19. The number of benzene rings is 1. The Morgan fingerprint density at radius 1 is 1.40 bits per heavy atom. The third-order valence-corrected chi connectivity index (χ3v) is 4.19. The molecule has 1 unspecified atom stereocenters. The van der Waals surface area contributed by atoms with E-state index < -0.39 is 0 Å². The molecular weight excluding hydrogens is 252 g/mol. The first-order valence-corrected chi connectivity index (χ1v) is 7.44. The minimum atomic E-state index is -0.236. The zero-order valence-electron chi connectivity index (χ0n) is 12.0. The summed E-state index contributed by atoms with van der Waals surface area (Å²) in [4.78, 5) is 12.6. The summed E-state index contributed by atoms with van der Waals surface area (Å²) in [6.07, 6.45) is 4.04. The lowest BCUT2D eigenvalue weighted by molar-refractivity contribution is 0.0272. The number of nitrogens with one attached hydrogen (secondary N) is 2. The van der Waals surface area contributed by atoms with E-state index >= 15 is 0 Å². The molecule has 3 rings (SSSR count). The number of rotatable bonds is 2. The Kier molecular flexibility index (Phi) is 3.66. The van der Waals surface area contributed by atoms with E-state index in [-0.39, 0.29) is 11.4 Å². The van der Waals surface area contributed by atoms with Crippen molar-refractivity contribution in [3.05, 3.63) is 29.3 Å². The van der Waals surface area contributed by atoms with Crippen molar-refractivity contribution in [2.45, 2.75) is 38.1 Å². The van der Waals surface area contributed by atoms with Crippen LogP contribution >= 0.6 is 0 Å². The molecule has 4 nitrogen and oxygen atoms in total. The van der Waals surface area contributed by atoms with Gasteiger partial charge >= 0.3 is 0 Å². The highest BCUT2D eigenvalue weighted by Crippen LogP contribution is 2.26.